The van der Waals surface area contributed by atoms with Gasteiger partial charge in [-0.05, 0) is 35.2 Å². The third kappa shape index (κ3) is 3.08. The summed E-state index contributed by atoms with van der Waals surface area (Å²) in [5.74, 6) is 1.24. The fourth-order valence-corrected chi connectivity index (χ4v) is 3.29. The number of hydrogen-bond acceptors (Lipinski definition) is 5. The minimum absolute atomic E-state index is 0.288. The lowest BCUT2D eigenvalue weighted by molar-refractivity contribution is -0.204. The molecule has 3 rings (SSSR count). The molecule has 0 radical (unpaired) electrons. The van der Waals surface area contributed by atoms with Gasteiger partial charge in [0.15, 0.2) is 11.5 Å². The molecular formula is C20H23NO5. The molecule has 0 fully saturated rings. The van der Waals surface area contributed by atoms with Crippen molar-refractivity contribution >= 4 is 6.09 Å². The van der Waals surface area contributed by atoms with Crippen LogP contribution >= 0.6 is 0 Å². The molecule has 138 valence electrons. The SMILES string of the molecule is CCC1ON(C(=O)OC)C(c2ccccc2)c2cc(OC)c(OC)cc21. The maximum atomic E-state index is 12.4. The normalized spacial score (nSPS) is 18.8. The zero-order valence-corrected chi connectivity index (χ0v) is 15.4. The van der Waals surface area contributed by atoms with Crippen LogP contribution in [0.4, 0.5) is 4.79 Å². The van der Waals surface area contributed by atoms with Crippen LogP contribution in [0.3, 0.4) is 0 Å². The van der Waals surface area contributed by atoms with Crippen molar-refractivity contribution in [2.24, 2.45) is 0 Å². The molecule has 0 N–H and O–H groups in total. The number of ether oxygens (including phenoxy) is 3. The number of hydroxylamine groups is 2. The number of methoxy groups -OCH3 is 3. The first kappa shape index (κ1) is 18.1. The predicted molar refractivity (Wildman–Crippen MR) is 96.2 cm³/mol. The number of nitrogens with zero attached hydrogens (tertiary/aromatic N) is 1. The Bertz CT molecular complexity index is 777. The van der Waals surface area contributed by atoms with Crippen LogP contribution in [0, 0.1) is 0 Å². The number of hydrogen-bond donors (Lipinski definition) is 0. The molecule has 1 aliphatic heterocycles. The van der Waals surface area contributed by atoms with Crippen molar-refractivity contribution in [3.63, 3.8) is 0 Å². The van der Waals surface area contributed by atoms with E-state index in [0.717, 1.165) is 16.7 Å². The summed E-state index contributed by atoms with van der Waals surface area (Å²) in [7, 11) is 4.54. The standard InChI is InChI=1S/C20H23NO5/c1-5-16-14-11-17(23-2)18(24-3)12-15(14)19(13-9-7-6-8-10-13)21(26-16)20(22)25-4/h6-12,16,19H,5H2,1-4H3. The summed E-state index contributed by atoms with van der Waals surface area (Å²) in [5.41, 5.74) is 2.82. The molecule has 0 spiro atoms. The molecule has 6 heteroatoms. The fraction of sp³-hybridized carbons (Fsp3) is 0.350. The summed E-state index contributed by atoms with van der Waals surface area (Å²) in [5, 5.41) is 1.30. The lowest BCUT2D eigenvalue weighted by Gasteiger charge is -2.39. The number of carbonyl (C=O) groups excluding carboxylic acids is 1. The van der Waals surface area contributed by atoms with Crippen LogP contribution in [0.25, 0.3) is 0 Å². The summed E-state index contributed by atoms with van der Waals surface area (Å²) in [6.07, 6.45) is -0.140. The van der Waals surface area contributed by atoms with Crippen molar-refractivity contribution < 1.29 is 23.8 Å². The molecule has 26 heavy (non-hydrogen) atoms. The van der Waals surface area contributed by atoms with E-state index in [9.17, 15) is 4.79 Å². The van der Waals surface area contributed by atoms with Crippen molar-refractivity contribution in [1.82, 2.24) is 5.06 Å². The zero-order chi connectivity index (χ0) is 18.7. The first-order chi connectivity index (χ1) is 12.6. The molecule has 2 unspecified atom stereocenters. The number of benzene rings is 2. The van der Waals surface area contributed by atoms with E-state index in [4.69, 9.17) is 19.0 Å². The molecule has 6 nitrogen and oxygen atoms in total. The highest BCUT2D eigenvalue weighted by molar-refractivity contribution is 5.69. The van der Waals surface area contributed by atoms with E-state index in [1.165, 1.54) is 12.2 Å². The molecule has 2 aromatic rings. The lowest BCUT2D eigenvalue weighted by Crippen LogP contribution is -2.40. The van der Waals surface area contributed by atoms with Gasteiger partial charge in [0.05, 0.1) is 21.3 Å². The van der Waals surface area contributed by atoms with Crippen molar-refractivity contribution in [3.8, 4) is 11.5 Å². The first-order valence-corrected chi connectivity index (χ1v) is 8.49. The maximum Gasteiger partial charge on any atom is 0.434 e. The quantitative estimate of drug-likeness (QED) is 0.818. The van der Waals surface area contributed by atoms with Gasteiger partial charge in [-0.3, -0.25) is 4.84 Å². The van der Waals surface area contributed by atoms with E-state index in [2.05, 4.69) is 0 Å². The second-order valence-electron chi connectivity index (χ2n) is 5.95. The molecule has 1 heterocycles. The van der Waals surface area contributed by atoms with Gasteiger partial charge in [0.1, 0.15) is 12.1 Å². The van der Waals surface area contributed by atoms with E-state index in [0.29, 0.717) is 17.9 Å². The van der Waals surface area contributed by atoms with Crippen molar-refractivity contribution in [3.05, 3.63) is 59.2 Å². The second-order valence-corrected chi connectivity index (χ2v) is 5.95. The largest absolute Gasteiger partial charge is 0.493 e. The van der Waals surface area contributed by atoms with Gasteiger partial charge >= 0.3 is 6.09 Å². The Morgan fingerprint density at radius 2 is 1.65 bits per heavy atom. The maximum absolute atomic E-state index is 12.4. The Labute approximate surface area is 153 Å². The van der Waals surface area contributed by atoms with Gasteiger partial charge in [-0.15, -0.1) is 0 Å². The topological polar surface area (TPSA) is 57.2 Å². The molecule has 0 saturated heterocycles. The monoisotopic (exact) mass is 357 g/mol. The summed E-state index contributed by atoms with van der Waals surface area (Å²) < 4.78 is 15.9. The van der Waals surface area contributed by atoms with Gasteiger partial charge in [0.2, 0.25) is 0 Å². The molecule has 2 atom stereocenters. The Hall–Kier alpha value is -2.73. The van der Waals surface area contributed by atoms with Gasteiger partial charge in [-0.25, -0.2) is 4.79 Å². The third-order valence-corrected chi connectivity index (χ3v) is 4.55. The summed E-state index contributed by atoms with van der Waals surface area (Å²) in [6, 6.07) is 13.1. The summed E-state index contributed by atoms with van der Waals surface area (Å²) in [4.78, 5) is 18.4. The molecule has 0 aromatic heterocycles. The Morgan fingerprint density at radius 3 is 2.19 bits per heavy atom. The molecule has 0 aliphatic carbocycles. The van der Waals surface area contributed by atoms with Crippen LogP contribution < -0.4 is 9.47 Å². The second kappa shape index (κ2) is 7.66. The van der Waals surface area contributed by atoms with Crippen molar-refractivity contribution in [1.29, 1.82) is 0 Å². The molecule has 1 amide bonds. The van der Waals surface area contributed by atoms with E-state index in [-0.39, 0.29) is 6.10 Å². The molecule has 0 saturated carbocycles. The Balaban J connectivity index is 2.23. The van der Waals surface area contributed by atoms with Crippen molar-refractivity contribution in [2.75, 3.05) is 21.3 Å². The van der Waals surface area contributed by atoms with Gasteiger partial charge in [-0.1, -0.05) is 37.3 Å². The minimum Gasteiger partial charge on any atom is -0.493 e. The summed E-state index contributed by atoms with van der Waals surface area (Å²) >= 11 is 0. The molecular weight excluding hydrogens is 334 g/mol. The molecule has 1 aliphatic rings. The minimum atomic E-state index is -0.544. The fourth-order valence-electron chi connectivity index (χ4n) is 3.29. The van der Waals surface area contributed by atoms with Gasteiger partial charge in [-0.2, -0.15) is 5.06 Å². The zero-order valence-electron chi connectivity index (χ0n) is 15.4. The average Bonchev–Trinajstić information content (AvgIpc) is 2.71. The van der Waals surface area contributed by atoms with Crippen LogP contribution in [0.15, 0.2) is 42.5 Å². The van der Waals surface area contributed by atoms with Crippen LogP contribution in [0.5, 0.6) is 11.5 Å². The number of carbonyl (C=O) groups is 1. The lowest BCUT2D eigenvalue weighted by atomic mass is 9.89. The highest BCUT2D eigenvalue weighted by atomic mass is 16.7. The van der Waals surface area contributed by atoms with Crippen LogP contribution in [0.1, 0.15) is 42.2 Å². The van der Waals surface area contributed by atoms with E-state index in [1.54, 1.807) is 14.2 Å². The van der Waals surface area contributed by atoms with E-state index < -0.39 is 12.1 Å². The Morgan fingerprint density at radius 1 is 1.04 bits per heavy atom. The number of fused-ring (bicyclic) bond motifs is 1. The number of amides is 1. The average molecular weight is 357 g/mol. The van der Waals surface area contributed by atoms with Gasteiger partial charge in [0.25, 0.3) is 0 Å². The van der Waals surface area contributed by atoms with Crippen LogP contribution in [0.2, 0.25) is 0 Å². The van der Waals surface area contributed by atoms with Crippen LogP contribution in [-0.2, 0) is 9.57 Å². The number of rotatable bonds is 4. The van der Waals surface area contributed by atoms with E-state index in [1.807, 2.05) is 49.4 Å². The van der Waals surface area contributed by atoms with Crippen LogP contribution in [-0.4, -0.2) is 32.5 Å². The molecule has 0 bridgehead atoms. The highest BCUT2D eigenvalue weighted by Crippen LogP contribution is 2.46. The third-order valence-electron chi connectivity index (χ3n) is 4.55. The smallest absolute Gasteiger partial charge is 0.434 e. The predicted octanol–water partition coefficient (Wildman–Crippen LogP) is 4.26. The first-order valence-electron chi connectivity index (χ1n) is 8.49. The van der Waals surface area contributed by atoms with Gasteiger partial charge < -0.3 is 14.2 Å². The molecule has 2 aromatic carbocycles. The van der Waals surface area contributed by atoms with Gasteiger partial charge in [0, 0.05) is 0 Å². The summed E-state index contributed by atoms with van der Waals surface area (Å²) in [6.45, 7) is 2.00. The Kier molecular flexibility index (Phi) is 5.32. The van der Waals surface area contributed by atoms with Crippen molar-refractivity contribution in [2.45, 2.75) is 25.5 Å². The highest BCUT2D eigenvalue weighted by Gasteiger charge is 2.39. The van der Waals surface area contributed by atoms with E-state index >= 15 is 0 Å².